The molecule has 88 valence electrons. The van der Waals surface area contributed by atoms with E-state index in [-0.39, 0.29) is 18.1 Å². The van der Waals surface area contributed by atoms with E-state index in [9.17, 15) is 4.79 Å². The normalized spacial score (nSPS) is 12.3. The summed E-state index contributed by atoms with van der Waals surface area (Å²) >= 11 is 5.79. The number of urea groups is 1. The molecule has 0 spiro atoms. The predicted molar refractivity (Wildman–Crippen MR) is 66.7 cm³/mol. The second-order valence-corrected chi connectivity index (χ2v) is 4.48. The molecule has 0 aromatic heterocycles. The van der Waals surface area contributed by atoms with Crippen molar-refractivity contribution in [3.8, 4) is 0 Å². The number of hydrogen-bond acceptors (Lipinski definition) is 1. The van der Waals surface area contributed by atoms with Crippen molar-refractivity contribution in [2.45, 2.75) is 32.9 Å². The van der Waals surface area contributed by atoms with Gasteiger partial charge in [-0.1, -0.05) is 23.7 Å². The summed E-state index contributed by atoms with van der Waals surface area (Å²) in [5, 5.41) is 6.33. The molecular formula is C12H17ClN2O. The zero-order chi connectivity index (χ0) is 12.1. The number of amides is 2. The van der Waals surface area contributed by atoms with Crippen molar-refractivity contribution in [2.75, 3.05) is 0 Å². The van der Waals surface area contributed by atoms with Crippen LogP contribution in [0.25, 0.3) is 0 Å². The average Bonchev–Trinajstić information content (AvgIpc) is 2.16. The molecule has 3 nitrogen and oxygen atoms in total. The second-order valence-electron chi connectivity index (χ2n) is 4.05. The van der Waals surface area contributed by atoms with Gasteiger partial charge in [0, 0.05) is 11.1 Å². The number of carbonyl (C=O) groups is 1. The zero-order valence-electron chi connectivity index (χ0n) is 9.75. The summed E-state index contributed by atoms with van der Waals surface area (Å²) in [5.41, 5.74) is 1.03. The Morgan fingerprint density at radius 3 is 2.19 bits per heavy atom. The first-order valence-corrected chi connectivity index (χ1v) is 5.69. The molecule has 0 aliphatic rings. The van der Waals surface area contributed by atoms with E-state index in [0.29, 0.717) is 5.02 Å². The van der Waals surface area contributed by atoms with Gasteiger partial charge in [0.25, 0.3) is 0 Å². The first-order chi connectivity index (χ1) is 7.49. The SMILES string of the molecule is CC(C)NC(=O)NC(C)c1ccc(Cl)cc1. The summed E-state index contributed by atoms with van der Waals surface area (Å²) in [6.45, 7) is 5.78. The van der Waals surface area contributed by atoms with Gasteiger partial charge in [-0.2, -0.15) is 0 Å². The third-order valence-electron chi connectivity index (χ3n) is 2.14. The van der Waals surface area contributed by atoms with Crippen LogP contribution in [0.3, 0.4) is 0 Å². The molecule has 1 unspecified atom stereocenters. The van der Waals surface area contributed by atoms with E-state index in [2.05, 4.69) is 10.6 Å². The van der Waals surface area contributed by atoms with Gasteiger partial charge in [0.05, 0.1) is 6.04 Å². The number of hydrogen-bond donors (Lipinski definition) is 2. The van der Waals surface area contributed by atoms with Gasteiger partial charge < -0.3 is 10.6 Å². The summed E-state index contributed by atoms with van der Waals surface area (Å²) in [4.78, 5) is 11.5. The smallest absolute Gasteiger partial charge is 0.315 e. The second kappa shape index (κ2) is 5.75. The first kappa shape index (κ1) is 12.8. The van der Waals surface area contributed by atoms with E-state index in [0.717, 1.165) is 5.56 Å². The molecule has 1 rings (SSSR count). The molecule has 1 atom stereocenters. The predicted octanol–water partition coefficient (Wildman–Crippen LogP) is 3.11. The van der Waals surface area contributed by atoms with Crippen molar-refractivity contribution in [1.29, 1.82) is 0 Å². The maximum Gasteiger partial charge on any atom is 0.315 e. The lowest BCUT2D eigenvalue weighted by atomic mass is 10.1. The number of nitrogens with one attached hydrogen (secondary N) is 2. The summed E-state index contributed by atoms with van der Waals surface area (Å²) < 4.78 is 0. The maximum absolute atomic E-state index is 11.5. The molecule has 0 saturated carbocycles. The fraction of sp³-hybridized carbons (Fsp3) is 0.417. The minimum absolute atomic E-state index is 0.0315. The summed E-state index contributed by atoms with van der Waals surface area (Å²) in [7, 11) is 0. The van der Waals surface area contributed by atoms with Gasteiger partial charge in [0.1, 0.15) is 0 Å². The molecule has 0 aliphatic heterocycles. The molecule has 1 aromatic carbocycles. The lowest BCUT2D eigenvalue weighted by Gasteiger charge is -2.16. The lowest BCUT2D eigenvalue weighted by molar-refractivity contribution is 0.235. The zero-order valence-corrected chi connectivity index (χ0v) is 10.5. The van der Waals surface area contributed by atoms with Crippen molar-refractivity contribution in [3.63, 3.8) is 0 Å². The van der Waals surface area contributed by atoms with Crippen LogP contribution in [0.15, 0.2) is 24.3 Å². The largest absolute Gasteiger partial charge is 0.336 e. The molecule has 0 saturated heterocycles. The van der Waals surface area contributed by atoms with E-state index in [1.54, 1.807) is 0 Å². The standard InChI is InChI=1S/C12H17ClN2O/c1-8(2)14-12(16)15-9(3)10-4-6-11(13)7-5-10/h4-9H,1-3H3,(H2,14,15,16). The van der Waals surface area contributed by atoms with Gasteiger partial charge in [0.2, 0.25) is 0 Å². The van der Waals surface area contributed by atoms with Crippen molar-refractivity contribution in [2.24, 2.45) is 0 Å². The van der Waals surface area contributed by atoms with Crippen LogP contribution in [0.4, 0.5) is 4.79 Å². The Bertz CT molecular complexity index is 349. The van der Waals surface area contributed by atoms with Crippen molar-refractivity contribution < 1.29 is 4.79 Å². The number of halogens is 1. The van der Waals surface area contributed by atoms with Crippen LogP contribution in [0.2, 0.25) is 5.02 Å². The van der Waals surface area contributed by atoms with E-state index in [4.69, 9.17) is 11.6 Å². The van der Waals surface area contributed by atoms with Gasteiger partial charge in [-0.15, -0.1) is 0 Å². The summed E-state index contributed by atoms with van der Waals surface area (Å²) in [6, 6.07) is 7.39. The van der Waals surface area contributed by atoms with Gasteiger partial charge in [-0.25, -0.2) is 4.79 Å². The molecule has 2 amide bonds. The lowest BCUT2D eigenvalue weighted by Crippen LogP contribution is -2.40. The highest BCUT2D eigenvalue weighted by molar-refractivity contribution is 6.30. The topological polar surface area (TPSA) is 41.1 Å². The highest BCUT2D eigenvalue weighted by Gasteiger charge is 2.09. The molecule has 0 radical (unpaired) electrons. The molecule has 2 N–H and O–H groups in total. The Hall–Kier alpha value is -1.22. The minimum Gasteiger partial charge on any atom is -0.336 e. The fourth-order valence-corrected chi connectivity index (χ4v) is 1.46. The van der Waals surface area contributed by atoms with Gasteiger partial charge in [0.15, 0.2) is 0 Å². The Kier molecular flexibility index (Phi) is 4.62. The van der Waals surface area contributed by atoms with Crippen LogP contribution in [-0.4, -0.2) is 12.1 Å². The average molecular weight is 241 g/mol. The highest BCUT2D eigenvalue weighted by Crippen LogP contribution is 2.15. The molecule has 4 heteroatoms. The Labute approximate surface area is 101 Å². The highest BCUT2D eigenvalue weighted by atomic mass is 35.5. The van der Waals surface area contributed by atoms with Crippen molar-refractivity contribution in [3.05, 3.63) is 34.9 Å². The first-order valence-electron chi connectivity index (χ1n) is 5.31. The monoisotopic (exact) mass is 240 g/mol. The maximum atomic E-state index is 11.5. The number of benzene rings is 1. The van der Waals surface area contributed by atoms with Crippen LogP contribution in [-0.2, 0) is 0 Å². The quantitative estimate of drug-likeness (QED) is 0.838. The number of carbonyl (C=O) groups excluding carboxylic acids is 1. The van der Waals surface area contributed by atoms with Crippen molar-refractivity contribution >= 4 is 17.6 Å². The molecule has 16 heavy (non-hydrogen) atoms. The van der Waals surface area contributed by atoms with Gasteiger partial charge in [-0.3, -0.25) is 0 Å². The minimum atomic E-state index is -0.155. The third kappa shape index (κ3) is 4.11. The summed E-state index contributed by atoms with van der Waals surface area (Å²) in [6.07, 6.45) is 0. The number of rotatable bonds is 3. The van der Waals surface area contributed by atoms with E-state index in [1.165, 1.54) is 0 Å². The Morgan fingerprint density at radius 2 is 1.69 bits per heavy atom. The van der Waals surface area contributed by atoms with Gasteiger partial charge in [-0.05, 0) is 38.5 Å². The molecule has 0 aliphatic carbocycles. The van der Waals surface area contributed by atoms with Gasteiger partial charge >= 0.3 is 6.03 Å². The third-order valence-corrected chi connectivity index (χ3v) is 2.39. The fourth-order valence-electron chi connectivity index (χ4n) is 1.34. The van der Waals surface area contributed by atoms with E-state index >= 15 is 0 Å². The molecule has 0 heterocycles. The van der Waals surface area contributed by atoms with Crippen LogP contribution >= 0.6 is 11.6 Å². The Balaban J connectivity index is 2.55. The van der Waals surface area contributed by atoms with Crippen molar-refractivity contribution in [1.82, 2.24) is 10.6 Å². The Morgan fingerprint density at radius 1 is 1.12 bits per heavy atom. The van der Waals surface area contributed by atoms with E-state index in [1.807, 2.05) is 45.0 Å². The summed E-state index contributed by atoms with van der Waals surface area (Å²) in [5.74, 6) is 0. The van der Waals surface area contributed by atoms with Crippen LogP contribution < -0.4 is 10.6 Å². The van der Waals surface area contributed by atoms with E-state index < -0.39 is 0 Å². The molecule has 0 bridgehead atoms. The molecule has 0 fully saturated rings. The van der Waals surface area contributed by atoms with Crippen LogP contribution in [0.5, 0.6) is 0 Å². The van der Waals surface area contributed by atoms with Crippen LogP contribution in [0.1, 0.15) is 32.4 Å². The van der Waals surface area contributed by atoms with Crippen LogP contribution in [0, 0.1) is 0 Å². The molecular weight excluding hydrogens is 224 g/mol. The molecule has 1 aromatic rings.